The van der Waals surface area contributed by atoms with Crippen molar-refractivity contribution in [3.8, 4) is 11.6 Å². The van der Waals surface area contributed by atoms with Crippen molar-refractivity contribution in [2.75, 3.05) is 4.90 Å². The summed E-state index contributed by atoms with van der Waals surface area (Å²) in [5.74, 6) is 0.712. The van der Waals surface area contributed by atoms with Gasteiger partial charge >= 0.3 is 0 Å². The number of benzene rings is 1. The van der Waals surface area contributed by atoms with Crippen LogP contribution in [0.2, 0.25) is 0 Å². The first kappa shape index (κ1) is 18.6. The molecule has 1 atom stereocenters. The zero-order valence-electron chi connectivity index (χ0n) is 16.6. The number of amides is 2. The minimum Gasteiger partial charge on any atom is -0.439 e. The molecule has 28 heavy (non-hydrogen) atoms. The van der Waals surface area contributed by atoms with Crippen molar-refractivity contribution in [2.24, 2.45) is 5.41 Å². The van der Waals surface area contributed by atoms with Gasteiger partial charge in [-0.1, -0.05) is 19.9 Å². The molecule has 1 fully saturated rings. The van der Waals surface area contributed by atoms with Gasteiger partial charge in [0.2, 0.25) is 17.7 Å². The minimum atomic E-state index is -0.633. The van der Waals surface area contributed by atoms with E-state index >= 15 is 0 Å². The predicted molar refractivity (Wildman–Crippen MR) is 104 cm³/mol. The Kier molecular flexibility index (Phi) is 4.27. The molecule has 2 amide bonds. The maximum Gasteiger partial charge on any atom is 0.240 e. The van der Waals surface area contributed by atoms with E-state index in [-0.39, 0.29) is 23.8 Å². The van der Waals surface area contributed by atoms with Gasteiger partial charge in [0.1, 0.15) is 5.75 Å². The maximum atomic E-state index is 12.6. The number of ether oxygens (including phenoxy) is 2. The topological polar surface area (TPSA) is 68.7 Å². The van der Waals surface area contributed by atoms with Crippen LogP contribution < -0.4 is 9.64 Å². The van der Waals surface area contributed by atoms with Crippen LogP contribution in [0.3, 0.4) is 0 Å². The molecular weight excluding hydrogens is 356 g/mol. The van der Waals surface area contributed by atoms with E-state index in [4.69, 9.17) is 9.47 Å². The van der Waals surface area contributed by atoms with Crippen LogP contribution in [-0.2, 0) is 26.5 Å². The molecule has 3 heterocycles. The Bertz CT molecular complexity index is 952. The number of carbonyl (C=O) groups is 2. The lowest BCUT2D eigenvalue weighted by Crippen LogP contribution is -2.34. The fraction of sp³-hybridized carbons (Fsp3) is 0.409. The number of nitrogens with zero attached hydrogens (tertiary/aromatic N) is 2. The highest BCUT2D eigenvalue weighted by Gasteiger charge is 2.47. The molecule has 146 valence electrons. The molecular formula is C22H24N2O4. The summed E-state index contributed by atoms with van der Waals surface area (Å²) >= 11 is 0. The Morgan fingerprint density at radius 1 is 1.18 bits per heavy atom. The van der Waals surface area contributed by atoms with E-state index in [1.54, 1.807) is 12.1 Å². The van der Waals surface area contributed by atoms with Crippen LogP contribution in [-0.4, -0.2) is 16.8 Å². The summed E-state index contributed by atoms with van der Waals surface area (Å²) in [5, 5.41) is 0. The monoisotopic (exact) mass is 380 g/mol. The lowest BCUT2D eigenvalue weighted by atomic mass is 9.86. The van der Waals surface area contributed by atoms with Crippen LogP contribution in [0, 0.1) is 5.41 Å². The second kappa shape index (κ2) is 6.41. The van der Waals surface area contributed by atoms with Gasteiger partial charge in [-0.25, -0.2) is 9.88 Å². The van der Waals surface area contributed by atoms with Gasteiger partial charge in [-0.2, -0.15) is 0 Å². The Balaban J connectivity index is 1.54. The SMILES string of the molecule is CC[C@@]1(C)CC(=O)N(c2ccc(Oc3ccc4c(c3)C(C)(C)OC4)nc2)C1=O. The smallest absolute Gasteiger partial charge is 0.240 e. The number of carbonyl (C=O) groups excluding carboxylic acids is 2. The standard InChI is InChI=1S/C22H24N2O4/c1-5-22(4)11-19(25)24(20(22)26)15-7-9-18(23-12-15)28-16-8-6-14-13-27-21(2,3)17(14)10-16/h6-10,12H,5,11,13H2,1-4H3/t22-/m0/s1. The van der Waals surface area contributed by atoms with Gasteiger partial charge in [0.15, 0.2) is 0 Å². The van der Waals surface area contributed by atoms with Crippen LogP contribution >= 0.6 is 0 Å². The Morgan fingerprint density at radius 2 is 1.96 bits per heavy atom. The molecule has 1 aromatic heterocycles. The summed E-state index contributed by atoms with van der Waals surface area (Å²) in [6.45, 7) is 8.42. The molecule has 6 nitrogen and oxygen atoms in total. The lowest BCUT2D eigenvalue weighted by molar-refractivity contribution is -0.125. The van der Waals surface area contributed by atoms with Crippen molar-refractivity contribution in [3.05, 3.63) is 47.7 Å². The Hall–Kier alpha value is -2.73. The normalized spacial score (nSPS) is 23.2. The van der Waals surface area contributed by atoms with Crippen molar-refractivity contribution in [2.45, 2.75) is 52.7 Å². The third-order valence-electron chi connectivity index (χ3n) is 5.81. The number of anilines is 1. The molecule has 6 heteroatoms. The molecule has 0 saturated carbocycles. The summed E-state index contributed by atoms with van der Waals surface area (Å²) in [6, 6.07) is 9.23. The first-order valence-electron chi connectivity index (χ1n) is 9.52. The molecule has 0 unspecified atom stereocenters. The van der Waals surface area contributed by atoms with Gasteiger partial charge in [0.05, 0.1) is 29.5 Å². The van der Waals surface area contributed by atoms with Crippen molar-refractivity contribution >= 4 is 17.5 Å². The second-order valence-electron chi connectivity index (χ2n) is 8.20. The van der Waals surface area contributed by atoms with E-state index < -0.39 is 5.41 Å². The minimum absolute atomic E-state index is 0.170. The number of hydrogen-bond acceptors (Lipinski definition) is 5. The predicted octanol–water partition coefficient (Wildman–Crippen LogP) is 4.32. The van der Waals surface area contributed by atoms with Crippen molar-refractivity contribution in [3.63, 3.8) is 0 Å². The van der Waals surface area contributed by atoms with Crippen molar-refractivity contribution in [1.82, 2.24) is 4.98 Å². The van der Waals surface area contributed by atoms with E-state index in [2.05, 4.69) is 4.98 Å². The Labute approximate surface area is 164 Å². The molecule has 0 aliphatic carbocycles. The van der Waals surface area contributed by atoms with Crippen molar-refractivity contribution in [1.29, 1.82) is 0 Å². The average Bonchev–Trinajstić information content (AvgIpc) is 3.09. The van der Waals surface area contributed by atoms with Gasteiger partial charge in [0.25, 0.3) is 0 Å². The fourth-order valence-electron chi connectivity index (χ4n) is 3.74. The molecule has 2 aliphatic rings. The molecule has 0 spiro atoms. The van der Waals surface area contributed by atoms with Crippen LogP contribution in [0.4, 0.5) is 5.69 Å². The summed E-state index contributed by atoms with van der Waals surface area (Å²) in [7, 11) is 0. The summed E-state index contributed by atoms with van der Waals surface area (Å²) in [6.07, 6.45) is 2.36. The highest BCUT2D eigenvalue weighted by molar-refractivity contribution is 6.22. The quantitative estimate of drug-likeness (QED) is 0.739. The zero-order valence-corrected chi connectivity index (χ0v) is 16.6. The van der Waals surface area contributed by atoms with Crippen LogP contribution in [0.1, 0.15) is 51.7 Å². The summed E-state index contributed by atoms with van der Waals surface area (Å²) < 4.78 is 11.7. The number of pyridine rings is 1. The highest BCUT2D eigenvalue weighted by atomic mass is 16.5. The average molecular weight is 380 g/mol. The van der Waals surface area contributed by atoms with Gasteiger partial charge in [-0.3, -0.25) is 9.59 Å². The number of imide groups is 1. The van der Waals surface area contributed by atoms with E-state index in [0.29, 0.717) is 30.3 Å². The maximum absolute atomic E-state index is 12.6. The first-order valence-corrected chi connectivity index (χ1v) is 9.52. The first-order chi connectivity index (χ1) is 13.2. The van der Waals surface area contributed by atoms with Gasteiger partial charge in [0, 0.05) is 12.5 Å². The Morgan fingerprint density at radius 3 is 2.61 bits per heavy atom. The van der Waals surface area contributed by atoms with E-state index in [0.717, 1.165) is 11.1 Å². The molecule has 2 aromatic rings. The number of rotatable bonds is 4. The fourth-order valence-corrected chi connectivity index (χ4v) is 3.74. The van der Waals surface area contributed by atoms with Crippen LogP contribution in [0.25, 0.3) is 0 Å². The van der Waals surface area contributed by atoms with Crippen LogP contribution in [0.15, 0.2) is 36.5 Å². The zero-order chi connectivity index (χ0) is 20.1. The number of fused-ring (bicyclic) bond motifs is 1. The van der Waals surface area contributed by atoms with Gasteiger partial charge in [-0.15, -0.1) is 0 Å². The van der Waals surface area contributed by atoms with Crippen LogP contribution in [0.5, 0.6) is 11.6 Å². The van der Waals surface area contributed by atoms with Crippen molar-refractivity contribution < 1.29 is 19.1 Å². The second-order valence-corrected chi connectivity index (χ2v) is 8.20. The van der Waals surface area contributed by atoms with E-state index in [1.807, 2.05) is 45.9 Å². The molecule has 4 rings (SSSR count). The number of hydrogen-bond donors (Lipinski definition) is 0. The third kappa shape index (κ3) is 2.98. The molecule has 0 radical (unpaired) electrons. The number of aromatic nitrogens is 1. The van der Waals surface area contributed by atoms with E-state index in [1.165, 1.54) is 11.1 Å². The molecule has 2 aliphatic heterocycles. The van der Waals surface area contributed by atoms with Gasteiger partial charge in [-0.05, 0) is 49.6 Å². The third-order valence-corrected chi connectivity index (χ3v) is 5.81. The molecule has 1 aromatic carbocycles. The summed E-state index contributed by atoms with van der Waals surface area (Å²) in [4.78, 5) is 30.5. The molecule has 1 saturated heterocycles. The summed E-state index contributed by atoms with van der Waals surface area (Å²) in [5.41, 5.74) is 1.77. The largest absolute Gasteiger partial charge is 0.439 e. The van der Waals surface area contributed by atoms with E-state index in [9.17, 15) is 9.59 Å². The molecule has 0 N–H and O–H groups in total. The van der Waals surface area contributed by atoms with Gasteiger partial charge < -0.3 is 9.47 Å². The highest BCUT2D eigenvalue weighted by Crippen LogP contribution is 2.40. The molecule has 0 bridgehead atoms. The lowest BCUT2D eigenvalue weighted by Gasteiger charge is -2.20.